The minimum atomic E-state index is 0.359. The number of ether oxygens (including phenoxy) is 1. The summed E-state index contributed by atoms with van der Waals surface area (Å²) in [5.74, 6) is 1.82. The van der Waals surface area contributed by atoms with Gasteiger partial charge in [-0.3, -0.25) is 0 Å². The van der Waals surface area contributed by atoms with Crippen molar-refractivity contribution in [1.82, 2.24) is 15.3 Å². The van der Waals surface area contributed by atoms with E-state index in [9.17, 15) is 0 Å². The van der Waals surface area contributed by atoms with Gasteiger partial charge in [0, 0.05) is 19.3 Å². The number of nitrogens with one attached hydrogen (secondary N) is 1. The highest BCUT2D eigenvalue weighted by atomic mass is 16.5. The van der Waals surface area contributed by atoms with E-state index in [0.717, 1.165) is 44.5 Å². The van der Waals surface area contributed by atoms with Gasteiger partial charge in [-0.2, -0.15) is 0 Å². The van der Waals surface area contributed by atoms with Gasteiger partial charge in [0.1, 0.15) is 11.6 Å². The summed E-state index contributed by atoms with van der Waals surface area (Å²) in [5.41, 5.74) is 0. The molecule has 0 saturated carbocycles. The van der Waals surface area contributed by atoms with Gasteiger partial charge >= 0.3 is 0 Å². The molecule has 1 saturated heterocycles. The summed E-state index contributed by atoms with van der Waals surface area (Å²) in [6.07, 6.45) is 1.82. The summed E-state index contributed by atoms with van der Waals surface area (Å²) in [7, 11) is 0. The zero-order valence-electron chi connectivity index (χ0n) is 10.5. The molecule has 1 aliphatic heterocycles. The van der Waals surface area contributed by atoms with Crippen LogP contribution in [0.5, 0.6) is 0 Å². The highest BCUT2D eigenvalue weighted by Crippen LogP contribution is 2.16. The van der Waals surface area contributed by atoms with E-state index in [4.69, 9.17) is 4.74 Å². The van der Waals surface area contributed by atoms with Crippen LogP contribution >= 0.6 is 0 Å². The third-order valence-electron chi connectivity index (χ3n) is 2.91. The van der Waals surface area contributed by atoms with Gasteiger partial charge in [-0.1, -0.05) is 6.92 Å². The number of hydrogen-bond acceptors (Lipinski definition) is 5. The summed E-state index contributed by atoms with van der Waals surface area (Å²) >= 11 is 0. The lowest BCUT2D eigenvalue weighted by Crippen LogP contribution is -2.51. The number of rotatable bonds is 4. The van der Waals surface area contributed by atoms with Crippen molar-refractivity contribution in [2.45, 2.75) is 19.9 Å². The molecular formula is C12H20N4O. The highest BCUT2D eigenvalue weighted by molar-refractivity contribution is 5.39. The Hall–Kier alpha value is -1.20. The first-order valence-corrected chi connectivity index (χ1v) is 6.16. The van der Waals surface area contributed by atoms with Crippen molar-refractivity contribution in [2.75, 3.05) is 37.7 Å². The summed E-state index contributed by atoms with van der Waals surface area (Å²) in [6.45, 7) is 8.37. The number of aromatic nitrogens is 2. The summed E-state index contributed by atoms with van der Waals surface area (Å²) in [5, 5.41) is 3.37. The van der Waals surface area contributed by atoms with E-state index in [0.29, 0.717) is 6.04 Å². The molecule has 2 rings (SSSR count). The number of anilines is 1. The fraction of sp³-hybridized carbons (Fsp3) is 0.667. The SMILES string of the molecule is CCNCC1COCCN1c1ccnc(C)n1. The first kappa shape index (κ1) is 12.3. The third kappa shape index (κ3) is 3.14. The molecule has 1 fully saturated rings. The summed E-state index contributed by atoms with van der Waals surface area (Å²) in [6, 6.07) is 2.33. The molecule has 17 heavy (non-hydrogen) atoms. The Bertz CT molecular complexity index is 358. The third-order valence-corrected chi connectivity index (χ3v) is 2.91. The van der Waals surface area contributed by atoms with Gasteiger partial charge in [0.05, 0.1) is 19.3 Å². The molecule has 1 aromatic heterocycles. The Morgan fingerprint density at radius 1 is 1.59 bits per heavy atom. The highest BCUT2D eigenvalue weighted by Gasteiger charge is 2.23. The van der Waals surface area contributed by atoms with Crippen molar-refractivity contribution in [3.05, 3.63) is 18.1 Å². The molecule has 0 spiro atoms. The molecule has 5 nitrogen and oxygen atoms in total. The molecular weight excluding hydrogens is 216 g/mol. The van der Waals surface area contributed by atoms with E-state index in [1.807, 2.05) is 19.2 Å². The Kier molecular flexibility index (Phi) is 4.28. The van der Waals surface area contributed by atoms with Crippen LogP contribution in [-0.4, -0.2) is 48.9 Å². The van der Waals surface area contributed by atoms with Crippen molar-refractivity contribution in [2.24, 2.45) is 0 Å². The number of aryl methyl sites for hydroxylation is 1. The molecule has 1 N–H and O–H groups in total. The van der Waals surface area contributed by atoms with E-state index in [1.54, 1.807) is 0 Å². The second kappa shape index (κ2) is 5.93. The lowest BCUT2D eigenvalue weighted by atomic mass is 10.2. The average molecular weight is 236 g/mol. The molecule has 1 unspecified atom stereocenters. The largest absolute Gasteiger partial charge is 0.377 e. The molecule has 2 heterocycles. The van der Waals surface area contributed by atoms with Crippen LogP contribution in [-0.2, 0) is 4.74 Å². The van der Waals surface area contributed by atoms with Crippen LogP contribution < -0.4 is 10.2 Å². The first-order chi connectivity index (χ1) is 8.31. The molecule has 1 aromatic rings. The first-order valence-electron chi connectivity index (χ1n) is 6.16. The van der Waals surface area contributed by atoms with Gasteiger partial charge in [0.15, 0.2) is 0 Å². The zero-order chi connectivity index (χ0) is 12.1. The normalized spacial score (nSPS) is 20.6. The predicted molar refractivity (Wildman–Crippen MR) is 67.3 cm³/mol. The fourth-order valence-corrected chi connectivity index (χ4v) is 2.04. The van der Waals surface area contributed by atoms with Crippen LogP contribution in [0.1, 0.15) is 12.7 Å². The Balaban J connectivity index is 2.10. The van der Waals surface area contributed by atoms with Gasteiger partial charge < -0.3 is 15.0 Å². The van der Waals surface area contributed by atoms with Gasteiger partial charge in [-0.15, -0.1) is 0 Å². The quantitative estimate of drug-likeness (QED) is 0.829. The van der Waals surface area contributed by atoms with Crippen molar-refractivity contribution in [3.8, 4) is 0 Å². The Labute approximate surface area is 102 Å². The molecule has 0 amide bonds. The van der Waals surface area contributed by atoms with E-state index in [1.165, 1.54) is 0 Å². The fourth-order valence-electron chi connectivity index (χ4n) is 2.04. The van der Waals surface area contributed by atoms with Crippen molar-refractivity contribution >= 4 is 5.82 Å². The Morgan fingerprint density at radius 2 is 2.47 bits per heavy atom. The molecule has 0 radical (unpaired) electrons. The molecule has 0 bridgehead atoms. The smallest absolute Gasteiger partial charge is 0.132 e. The topological polar surface area (TPSA) is 50.3 Å². The van der Waals surface area contributed by atoms with E-state index >= 15 is 0 Å². The predicted octanol–water partition coefficient (Wildman–Crippen LogP) is 0.600. The lowest BCUT2D eigenvalue weighted by Gasteiger charge is -2.36. The minimum absolute atomic E-state index is 0.359. The maximum absolute atomic E-state index is 5.54. The number of hydrogen-bond donors (Lipinski definition) is 1. The lowest BCUT2D eigenvalue weighted by molar-refractivity contribution is 0.0935. The maximum atomic E-state index is 5.54. The van der Waals surface area contributed by atoms with Crippen LogP contribution in [0.2, 0.25) is 0 Å². The summed E-state index contributed by atoms with van der Waals surface area (Å²) < 4.78 is 5.54. The minimum Gasteiger partial charge on any atom is -0.377 e. The molecule has 1 aliphatic rings. The molecule has 0 aliphatic carbocycles. The second-order valence-corrected chi connectivity index (χ2v) is 4.19. The van der Waals surface area contributed by atoms with E-state index < -0.39 is 0 Å². The van der Waals surface area contributed by atoms with Gasteiger partial charge in [-0.05, 0) is 19.5 Å². The number of nitrogens with zero attached hydrogens (tertiary/aromatic N) is 3. The molecule has 0 aromatic carbocycles. The number of likely N-dealkylation sites (N-methyl/N-ethyl adjacent to an activating group) is 1. The molecule has 94 valence electrons. The average Bonchev–Trinajstić information content (AvgIpc) is 2.37. The van der Waals surface area contributed by atoms with Crippen molar-refractivity contribution < 1.29 is 4.74 Å². The monoisotopic (exact) mass is 236 g/mol. The van der Waals surface area contributed by atoms with Crippen LogP contribution in [0.15, 0.2) is 12.3 Å². The maximum Gasteiger partial charge on any atom is 0.132 e. The van der Waals surface area contributed by atoms with Crippen LogP contribution in [0, 0.1) is 6.92 Å². The zero-order valence-corrected chi connectivity index (χ0v) is 10.5. The van der Waals surface area contributed by atoms with Gasteiger partial charge in [-0.25, -0.2) is 9.97 Å². The van der Waals surface area contributed by atoms with Crippen LogP contribution in [0.25, 0.3) is 0 Å². The van der Waals surface area contributed by atoms with Crippen molar-refractivity contribution in [3.63, 3.8) is 0 Å². The van der Waals surface area contributed by atoms with Crippen LogP contribution in [0.4, 0.5) is 5.82 Å². The van der Waals surface area contributed by atoms with E-state index in [-0.39, 0.29) is 0 Å². The van der Waals surface area contributed by atoms with Gasteiger partial charge in [0.25, 0.3) is 0 Å². The van der Waals surface area contributed by atoms with E-state index in [2.05, 4.69) is 27.1 Å². The molecule has 1 atom stereocenters. The van der Waals surface area contributed by atoms with Gasteiger partial charge in [0.2, 0.25) is 0 Å². The Morgan fingerprint density at radius 3 is 3.24 bits per heavy atom. The van der Waals surface area contributed by atoms with Crippen LogP contribution in [0.3, 0.4) is 0 Å². The van der Waals surface area contributed by atoms with Crippen molar-refractivity contribution in [1.29, 1.82) is 0 Å². The standard InChI is InChI=1S/C12H20N4O/c1-3-13-8-11-9-17-7-6-16(11)12-4-5-14-10(2)15-12/h4-5,11,13H,3,6-9H2,1-2H3. The number of morpholine rings is 1. The second-order valence-electron chi connectivity index (χ2n) is 4.19. The molecule has 5 heteroatoms. The summed E-state index contributed by atoms with van der Waals surface area (Å²) in [4.78, 5) is 10.9.